The van der Waals surface area contributed by atoms with Crippen molar-refractivity contribution in [3.05, 3.63) is 17.7 Å². The first-order valence-corrected chi connectivity index (χ1v) is 6.06. The van der Waals surface area contributed by atoms with Gasteiger partial charge in [-0.1, -0.05) is 6.07 Å². The number of carbonyl (C=O) groups excluding carboxylic acids is 1. The second-order valence-corrected chi connectivity index (χ2v) is 4.05. The lowest BCUT2D eigenvalue weighted by atomic mass is 10.2. The third-order valence-electron chi connectivity index (χ3n) is 2.54. The van der Waals surface area contributed by atoms with E-state index in [-0.39, 0.29) is 13.2 Å². The van der Waals surface area contributed by atoms with Crippen molar-refractivity contribution >= 4 is 5.91 Å². The van der Waals surface area contributed by atoms with E-state index in [9.17, 15) is 15.0 Å². The van der Waals surface area contributed by atoms with E-state index in [0.29, 0.717) is 12.2 Å². The second kappa shape index (κ2) is 7.53. The minimum absolute atomic E-state index is 0.0484. The average Bonchev–Trinajstić information content (AvgIpc) is 2.44. The minimum atomic E-state index is -0.802. The Bertz CT molecular complexity index is 467. The zero-order valence-corrected chi connectivity index (χ0v) is 11.1. The maximum atomic E-state index is 11.5. The van der Waals surface area contributed by atoms with Gasteiger partial charge in [-0.2, -0.15) is 0 Å². The summed E-state index contributed by atoms with van der Waals surface area (Å²) in [5.41, 5.74) is 10.8. The SMILES string of the molecule is CCOCC(N)C(=O)NNCc1ccc(O)c(O)c1O. The molecule has 0 aliphatic rings. The van der Waals surface area contributed by atoms with Gasteiger partial charge >= 0.3 is 0 Å². The van der Waals surface area contributed by atoms with Gasteiger partial charge in [-0.3, -0.25) is 10.2 Å². The lowest BCUT2D eigenvalue weighted by Crippen LogP contribution is -2.48. The summed E-state index contributed by atoms with van der Waals surface area (Å²) < 4.78 is 5.01. The molecule has 0 aromatic heterocycles. The third kappa shape index (κ3) is 4.26. The highest BCUT2D eigenvalue weighted by atomic mass is 16.5. The number of ether oxygens (including phenoxy) is 1. The van der Waals surface area contributed by atoms with Crippen LogP contribution in [0.4, 0.5) is 0 Å². The van der Waals surface area contributed by atoms with Gasteiger partial charge in [0, 0.05) is 18.7 Å². The van der Waals surface area contributed by atoms with E-state index in [1.807, 2.05) is 0 Å². The Morgan fingerprint density at radius 1 is 1.35 bits per heavy atom. The Kier molecular flexibility index (Phi) is 6.04. The first kappa shape index (κ1) is 16.0. The summed E-state index contributed by atoms with van der Waals surface area (Å²) >= 11 is 0. The van der Waals surface area contributed by atoms with Crippen LogP contribution in [0.1, 0.15) is 12.5 Å². The molecule has 1 atom stereocenters. The summed E-state index contributed by atoms with van der Waals surface area (Å²) in [5, 5.41) is 28.1. The lowest BCUT2D eigenvalue weighted by molar-refractivity contribution is -0.124. The summed E-state index contributed by atoms with van der Waals surface area (Å²) in [7, 11) is 0. The molecule has 0 spiro atoms. The fourth-order valence-corrected chi connectivity index (χ4v) is 1.39. The van der Waals surface area contributed by atoms with Crippen molar-refractivity contribution in [2.24, 2.45) is 5.73 Å². The highest BCUT2D eigenvalue weighted by Crippen LogP contribution is 2.36. The van der Waals surface area contributed by atoms with Crippen LogP contribution in [0.3, 0.4) is 0 Å². The number of nitrogens with two attached hydrogens (primary N) is 1. The van der Waals surface area contributed by atoms with Crippen molar-refractivity contribution in [3.8, 4) is 17.2 Å². The van der Waals surface area contributed by atoms with Crippen molar-refractivity contribution in [3.63, 3.8) is 0 Å². The molecule has 0 saturated carbocycles. The first-order valence-electron chi connectivity index (χ1n) is 6.06. The highest BCUT2D eigenvalue weighted by molar-refractivity contribution is 5.81. The first-order chi connectivity index (χ1) is 9.47. The molecule has 1 amide bonds. The number of hydrogen-bond donors (Lipinski definition) is 6. The van der Waals surface area contributed by atoms with Crippen molar-refractivity contribution < 1.29 is 24.9 Å². The van der Waals surface area contributed by atoms with Crippen molar-refractivity contribution in [1.82, 2.24) is 10.9 Å². The summed E-state index contributed by atoms with van der Waals surface area (Å²) in [5.74, 6) is -1.94. The van der Waals surface area contributed by atoms with E-state index in [2.05, 4.69) is 10.9 Å². The maximum absolute atomic E-state index is 11.5. The molecule has 112 valence electrons. The molecule has 0 heterocycles. The van der Waals surface area contributed by atoms with Gasteiger partial charge in [0.1, 0.15) is 6.04 Å². The topological polar surface area (TPSA) is 137 Å². The summed E-state index contributed by atoms with van der Waals surface area (Å²) in [6, 6.07) is 1.84. The lowest BCUT2D eigenvalue weighted by Gasteiger charge is -2.13. The van der Waals surface area contributed by atoms with Gasteiger partial charge in [0.05, 0.1) is 6.61 Å². The van der Waals surface area contributed by atoms with E-state index in [1.54, 1.807) is 6.92 Å². The summed E-state index contributed by atoms with van der Waals surface area (Å²) in [4.78, 5) is 11.5. The quantitative estimate of drug-likeness (QED) is 0.287. The molecule has 0 aliphatic carbocycles. The highest BCUT2D eigenvalue weighted by Gasteiger charge is 2.14. The monoisotopic (exact) mass is 285 g/mol. The van der Waals surface area contributed by atoms with Crippen LogP contribution in [0.15, 0.2) is 12.1 Å². The van der Waals surface area contributed by atoms with Crippen molar-refractivity contribution in [2.45, 2.75) is 19.5 Å². The van der Waals surface area contributed by atoms with Crippen LogP contribution in [0.2, 0.25) is 0 Å². The third-order valence-corrected chi connectivity index (χ3v) is 2.54. The summed E-state index contributed by atoms with van der Waals surface area (Å²) in [6.07, 6.45) is 0. The van der Waals surface area contributed by atoms with Crippen molar-refractivity contribution in [2.75, 3.05) is 13.2 Å². The number of benzene rings is 1. The molecule has 0 saturated heterocycles. The predicted octanol–water partition coefficient (Wildman–Crippen LogP) is -0.712. The number of phenols is 3. The molecule has 20 heavy (non-hydrogen) atoms. The van der Waals surface area contributed by atoms with Crippen molar-refractivity contribution in [1.29, 1.82) is 0 Å². The molecule has 0 radical (unpaired) electrons. The molecule has 1 unspecified atom stereocenters. The fraction of sp³-hybridized carbons (Fsp3) is 0.417. The van der Waals surface area contributed by atoms with Gasteiger partial charge in [-0.15, -0.1) is 0 Å². The van der Waals surface area contributed by atoms with Crippen LogP contribution in [0.25, 0.3) is 0 Å². The van der Waals surface area contributed by atoms with Gasteiger partial charge in [0.25, 0.3) is 5.91 Å². The fourth-order valence-electron chi connectivity index (χ4n) is 1.39. The maximum Gasteiger partial charge on any atom is 0.253 e. The van der Waals surface area contributed by atoms with Crippen LogP contribution >= 0.6 is 0 Å². The average molecular weight is 285 g/mol. The van der Waals surface area contributed by atoms with E-state index in [0.717, 1.165) is 0 Å². The van der Waals surface area contributed by atoms with E-state index in [1.165, 1.54) is 12.1 Å². The van der Waals surface area contributed by atoms with Gasteiger partial charge in [0.15, 0.2) is 11.5 Å². The Morgan fingerprint density at radius 3 is 2.70 bits per heavy atom. The number of rotatable bonds is 7. The molecule has 8 heteroatoms. The van der Waals surface area contributed by atoms with Gasteiger partial charge in [-0.25, -0.2) is 5.43 Å². The largest absolute Gasteiger partial charge is 0.504 e. The molecule has 8 nitrogen and oxygen atoms in total. The Balaban J connectivity index is 2.45. The van der Waals surface area contributed by atoms with Crippen LogP contribution in [-0.4, -0.2) is 40.5 Å². The van der Waals surface area contributed by atoms with Crippen LogP contribution in [-0.2, 0) is 16.1 Å². The number of hydrazine groups is 1. The number of carbonyl (C=O) groups is 1. The normalized spacial score (nSPS) is 12.1. The zero-order valence-electron chi connectivity index (χ0n) is 11.1. The molecule has 0 fully saturated rings. The number of amides is 1. The molecule has 1 aromatic rings. The van der Waals surface area contributed by atoms with Gasteiger partial charge in [-0.05, 0) is 13.0 Å². The van der Waals surface area contributed by atoms with Gasteiger partial charge < -0.3 is 25.8 Å². The molecule has 0 bridgehead atoms. The number of nitrogens with one attached hydrogen (secondary N) is 2. The van der Waals surface area contributed by atoms with Gasteiger partial charge in [0.2, 0.25) is 5.75 Å². The second-order valence-electron chi connectivity index (χ2n) is 4.05. The van der Waals surface area contributed by atoms with Crippen LogP contribution in [0, 0.1) is 0 Å². The van der Waals surface area contributed by atoms with E-state index >= 15 is 0 Å². The Labute approximate surface area is 116 Å². The number of phenolic OH excluding ortho intramolecular Hbond substituents is 3. The molecule has 7 N–H and O–H groups in total. The standard InChI is InChI=1S/C12H19N3O5/c1-2-20-6-8(13)12(19)15-14-5-7-3-4-9(16)11(18)10(7)17/h3-4,8,14,16-18H,2,5-6,13H2,1H3,(H,15,19). The Hall–Kier alpha value is -2.03. The summed E-state index contributed by atoms with van der Waals surface area (Å²) in [6.45, 7) is 2.42. The molecule has 0 aliphatic heterocycles. The smallest absolute Gasteiger partial charge is 0.253 e. The van der Waals surface area contributed by atoms with E-state index < -0.39 is 29.2 Å². The minimum Gasteiger partial charge on any atom is -0.504 e. The van der Waals surface area contributed by atoms with E-state index in [4.69, 9.17) is 15.6 Å². The predicted molar refractivity (Wildman–Crippen MR) is 70.9 cm³/mol. The number of aromatic hydroxyl groups is 3. The molecule has 1 rings (SSSR count). The van der Waals surface area contributed by atoms with Crippen LogP contribution in [0.5, 0.6) is 17.2 Å². The molecular formula is C12H19N3O5. The molecular weight excluding hydrogens is 266 g/mol. The number of hydrogen-bond acceptors (Lipinski definition) is 7. The zero-order chi connectivity index (χ0) is 15.1. The van der Waals surface area contributed by atoms with Crippen LogP contribution < -0.4 is 16.6 Å². The Morgan fingerprint density at radius 2 is 2.05 bits per heavy atom. The molecule has 1 aromatic carbocycles.